The van der Waals surface area contributed by atoms with E-state index in [-0.39, 0.29) is 0 Å². The van der Waals surface area contributed by atoms with E-state index in [1.165, 1.54) is 50.7 Å². The Bertz CT molecular complexity index is 710. The Kier molecular flexibility index (Phi) is 4.67. The van der Waals surface area contributed by atoms with Gasteiger partial charge >= 0.3 is 0 Å². The van der Waals surface area contributed by atoms with E-state index in [0.717, 1.165) is 6.42 Å². The summed E-state index contributed by atoms with van der Waals surface area (Å²) in [6.45, 7) is 4.67. The minimum absolute atomic E-state index is 0.504. The van der Waals surface area contributed by atoms with Gasteiger partial charge in [-0.15, -0.1) is 0 Å². The number of likely N-dealkylation sites (N-methyl/N-ethyl adjacent to an activating group) is 1. The molecule has 0 N–H and O–H groups in total. The molecule has 2 aromatic carbocycles. The van der Waals surface area contributed by atoms with Crippen LogP contribution < -0.4 is 0 Å². The number of halogens is 1. The van der Waals surface area contributed by atoms with Crippen LogP contribution in [0.1, 0.15) is 17.2 Å². The summed E-state index contributed by atoms with van der Waals surface area (Å²) in [7, 11) is 2.23. The molecule has 2 aliphatic rings. The maximum absolute atomic E-state index is 2.69. The monoisotopic (exact) mass is 436 g/mol. The summed E-state index contributed by atoms with van der Waals surface area (Å²) in [6.07, 6.45) is 1.12. The molecule has 0 spiro atoms. The second kappa shape index (κ2) is 6.75. The molecule has 0 aromatic heterocycles. The first-order valence-corrected chi connectivity index (χ1v) is 10.1. The van der Waals surface area contributed by atoms with Crippen LogP contribution in [0.15, 0.2) is 52.3 Å². The predicted molar refractivity (Wildman–Crippen MR) is 105 cm³/mol. The Morgan fingerprint density at radius 1 is 1.00 bits per heavy atom. The first kappa shape index (κ1) is 15.9. The number of nitrogens with zero attached hydrogens (tertiary/aromatic N) is 2. The fourth-order valence-corrected chi connectivity index (χ4v) is 5.17. The summed E-state index contributed by atoms with van der Waals surface area (Å²) in [5, 5.41) is 0. The SMILES string of the molecule is CN1CCN(C2Cc3ccccc3Sc3ccc(I)cc32)CC1. The molecule has 1 unspecified atom stereocenters. The van der Waals surface area contributed by atoms with Gasteiger partial charge in [0.05, 0.1) is 0 Å². The van der Waals surface area contributed by atoms with Gasteiger partial charge in [0.1, 0.15) is 0 Å². The second-order valence-electron chi connectivity index (χ2n) is 6.45. The van der Waals surface area contributed by atoms with Crippen LogP contribution in [0.25, 0.3) is 0 Å². The predicted octanol–water partition coefficient (Wildman–Crippen LogP) is 4.29. The maximum atomic E-state index is 2.69. The molecule has 120 valence electrons. The third-order valence-corrected chi connectivity index (χ3v) is 6.80. The van der Waals surface area contributed by atoms with Crippen molar-refractivity contribution in [2.45, 2.75) is 22.3 Å². The van der Waals surface area contributed by atoms with Crippen molar-refractivity contribution < 1.29 is 0 Å². The van der Waals surface area contributed by atoms with Gasteiger partial charge in [0, 0.05) is 45.6 Å². The zero-order valence-electron chi connectivity index (χ0n) is 13.3. The van der Waals surface area contributed by atoms with Gasteiger partial charge in [-0.2, -0.15) is 0 Å². The first-order valence-electron chi connectivity index (χ1n) is 8.18. The second-order valence-corrected chi connectivity index (χ2v) is 8.78. The topological polar surface area (TPSA) is 6.48 Å². The molecule has 4 rings (SSSR count). The molecule has 0 bridgehead atoms. The van der Waals surface area contributed by atoms with Gasteiger partial charge in [0.2, 0.25) is 0 Å². The normalized spacial score (nSPS) is 22.3. The van der Waals surface area contributed by atoms with Crippen molar-refractivity contribution in [1.29, 1.82) is 0 Å². The third kappa shape index (κ3) is 3.31. The summed E-state index contributed by atoms with van der Waals surface area (Å²) < 4.78 is 1.34. The molecule has 1 atom stereocenters. The van der Waals surface area contributed by atoms with Crippen molar-refractivity contribution in [3.63, 3.8) is 0 Å². The van der Waals surface area contributed by atoms with E-state index in [0.29, 0.717) is 6.04 Å². The molecule has 0 radical (unpaired) electrons. The lowest BCUT2D eigenvalue weighted by Gasteiger charge is -2.38. The van der Waals surface area contributed by atoms with Crippen LogP contribution in [0.3, 0.4) is 0 Å². The van der Waals surface area contributed by atoms with Crippen LogP contribution in [-0.2, 0) is 6.42 Å². The molecule has 0 saturated carbocycles. The van der Waals surface area contributed by atoms with Gasteiger partial charge in [0.15, 0.2) is 0 Å². The Balaban J connectivity index is 1.76. The maximum Gasteiger partial charge on any atom is 0.0401 e. The summed E-state index contributed by atoms with van der Waals surface area (Å²) in [6, 6.07) is 16.4. The van der Waals surface area contributed by atoms with Gasteiger partial charge in [0.25, 0.3) is 0 Å². The van der Waals surface area contributed by atoms with Crippen molar-refractivity contribution in [3.8, 4) is 0 Å². The highest BCUT2D eigenvalue weighted by Crippen LogP contribution is 2.43. The Hall–Kier alpha value is -0.560. The van der Waals surface area contributed by atoms with Crippen molar-refractivity contribution in [2.75, 3.05) is 33.2 Å². The molecule has 2 nitrogen and oxygen atoms in total. The summed E-state index contributed by atoms with van der Waals surface area (Å²) in [5.74, 6) is 0. The van der Waals surface area contributed by atoms with E-state index in [1.54, 1.807) is 0 Å². The van der Waals surface area contributed by atoms with Gasteiger partial charge < -0.3 is 4.90 Å². The molecule has 23 heavy (non-hydrogen) atoms. The summed E-state index contributed by atoms with van der Waals surface area (Å²) in [4.78, 5) is 7.98. The highest BCUT2D eigenvalue weighted by atomic mass is 127. The minimum Gasteiger partial charge on any atom is -0.304 e. The van der Waals surface area contributed by atoms with Gasteiger partial charge in [-0.25, -0.2) is 0 Å². The largest absolute Gasteiger partial charge is 0.304 e. The van der Waals surface area contributed by atoms with Crippen molar-refractivity contribution in [1.82, 2.24) is 9.80 Å². The average molecular weight is 436 g/mol. The lowest BCUT2D eigenvalue weighted by Crippen LogP contribution is -2.46. The lowest BCUT2D eigenvalue weighted by molar-refractivity contribution is 0.110. The minimum atomic E-state index is 0.504. The Labute approximate surface area is 156 Å². The standard InChI is InChI=1S/C19H21IN2S/c1-21-8-10-22(11-9-21)17-12-14-4-2-3-5-18(14)23-19-7-6-15(20)13-16(17)19/h2-7,13,17H,8-12H2,1H3. The molecule has 4 heteroatoms. The summed E-state index contributed by atoms with van der Waals surface area (Å²) in [5.41, 5.74) is 3.01. The van der Waals surface area contributed by atoms with E-state index < -0.39 is 0 Å². The number of piperazine rings is 1. The molecule has 1 fully saturated rings. The first-order chi connectivity index (χ1) is 11.2. The fourth-order valence-electron chi connectivity index (χ4n) is 3.54. The lowest BCUT2D eigenvalue weighted by atomic mass is 9.97. The molecule has 0 amide bonds. The highest BCUT2D eigenvalue weighted by Gasteiger charge is 2.29. The molecule has 0 aliphatic carbocycles. The van der Waals surface area contributed by atoms with E-state index in [1.807, 2.05) is 11.8 Å². The molecular formula is C19H21IN2S. The fraction of sp³-hybridized carbons (Fsp3) is 0.368. The Morgan fingerprint density at radius 2 is 1.78 bits per heavy atom. The van der Waals surface area contributed by atoms with Crippen LogP contribution in [0.2, 0.25) is 0 Å². The quantitative estimate of drug-likeness (QED) is 0.616. The smallest absolute Gasteiger partial charge is 0.0401 e. The van der Waals surface area contributed by atoms with Gasteiger partial charge in [-0.05, 0) is 71.5 Å². The van der Waals surface area contributed by atoms with Crippen LogP contribution in [0.4, 0.5) is 0 Å². The number of rotatable bonds is 1. The van der Waals surface area contributed by atoms with Crippen LogP contribution in [-0.4, -0.2) is 43.0 Å². The van der Waals surface area contributed by atoms with Crippen molar-refractivity contribution in [2.24, 2.45) is 0 Å². The molecule has 1 saturated heterocycles. The molecule has 2 aliphatic heterocycles. The van der Waals surface area contributed by atoms with Crippen molar-refractivity contribution in [3.05, 3.63) is 57.2 Å². The number of fused-ring (bicyclic) bond motifs is 2. The zero-order valence-corrected chi connectivity index (χ0v) is 16.3. The van der Waals surface area contributed by atoms with Gasteiger partial charge in [-0.3, -0.25) is 4.90 Å². The van der Waals surface area contributed by atoms with Crippen LogP contribution in [0, 0.1) is 3.57 Å². The third-order valence-electron chi connectivity index (χ3n) is 4.92. The van der Waals surface area contributed by atoms with Crippen molar-refractivity contribution >= 4 is 34.4 Å². The molecule has 2 aromatic rings. The highest BCUT2D eigenvalue weighted by molar-refractivity contribution is 14.1. The average Bonchev–Trinajstić information content (AvgIpc) is 2.72. The zero-order chi connectivity index (χ0) is 15.8. The number of benzene rings is 2. The van der Waals surface area contributed by atoms with E-state index >= 15 is 0 Å². The van der Waals surface area contributed by atoms with E-state index in [9.17, 15) is 0 Å². The molecule has 2 heterocycles. The van der Waals surface area contributed by atoms with E-state index in [4.69, 9.17) is 0 Å². The van der Waals surface area contributed by atoms with Gasteiger partial charge in [-0.1, -0.05) is 30.0 Å². The number of hydrogen-bond acceptors (Lipinski definition) is 3. The van der Waals surface area contributed by atoms with Crippen LogP contribution >= 0.6 is 34.4 Å². The molecular weight excluding hydrogens is 415 g/mol. The Morgan fingerprint density at radius 3 is 2.61 bits per heavy atom. The number of hydrogen-bond donors (Lipinski definition) is 0. The van der Waals surface area contributed by atoms with Crippen LogP contribution in [0.5, 0.6) is 0 Å². The summed E-state index contributed by atoms with van der Waals surface area (Å²) >= 11 is 4.39. The van der Waals surface area contributed by atoms with E-state index in [2.05, 4.69) is 81.9 Å².